The number of ether oxygens (including phenoxy) is 14. The number of carboxylic acid groups (broad SMARTS) is 1. The molecular formula is C56H81N3O21. The lowest BCUT2D eigenvalue weighted by Crippen LogP contribution is -2.68. The maximum atomic E-state index is 14.4. The average Bonchev–Trinajstić information content (AvgIpc) is 4.24. The van der Waals surface area contributed by atoms with Crippen LogP contribution in [0.1, 0.15) is 128 Å². The van der Waals surface area contributed by atoms with Crippen molar-refractivity contribution >= 4 is 11.9 Å². The van der Waals surface area contributed by atoms with Gasteiger partial charge in [0.05, 0.1) is 117 Å². The second-order valence-electron chi connectivity index (χ2n) is 26.0. The minimum atomic E-state index is -2.63. The molecular weight excluding hydrogens is 1050 g/mol. The highest BCUT2D eigenvalue weighted by Gasteiger charge is 2.71. The van der Waals surface area contributed by atoms with Crippen LogP contribution in [0.5, 0.6) is 0 Å². The molecule has 28 atom stereocenters. The lowest BCUT2D eigenvalue weighted by molar-refractivity contribution is -0.371. The van der Waals surface area contributed by atoms with Crippen LogP contribution in [0.3, 0.4) is 0 Å². The number of hydrogen-bond donors (Lipinski definition) is 8. The summed E-state index contributed by atoms with van der Waals surface area (Å²) >= 11 is 0. The number of carbonyl (C=O) groups excluding carboxylic acids is 1. The summed E-state index contributed by atoms with van der Waals surface area (Å²) < 4.78 is 93.9. The molecule has 0 saturated carbocycles. The Kier molecular flexibility index (Phi) is 14.1. The van der Waals surface area contributed by atoms with Crippen molar-refractivity contribution in [2.75, 3.05) is 7.05 Å². The van der Waals surface area contributed by atoms with E-state index in [9.17, 15) is 35.1 Å². The fourth-order valence-corrected chi connectivity index (χ4v) is 16.8. The van der Waals surface area contributed by atoms with Gasteiger partial charge in [0, 0.05) is 76.3 Å². The molecule has 14 aliphatic heterocycles. The van der Waals surface area contributed by atoms with E-state index in [0.717, 1.165) is 11.1 Å². The fourth-order valence-electron chi connectivity index (χ4n) is 16.8. The van der Waals surface area contributed by atoms with E-state index >= 15 is 0 Å². The first kappa shape index (κ1) is 55.5. The molecule has 0 radical (unpaired) electrons. The van der Waals surface area contributed by atoms with Gasteiger partial charge >= 0.3 is 11.9 Å². The standard InChI is InChI=1S/C56H81N3O21/c1-24-12-28-8-9-55-51(64)56(65,66)50(79-55)43-19-42(77-55)49-33(70-43)7-5-27(69-49)14-47(63)73-39-17-37-38(71-36(39)16-34-25(2)29(57)13-26(68-34)4-6-32(24)67-28)18-40-44(72-37)22-53(75-40)23-45-54(59-3,80-53)11-10-52(78-45)21-30(58)48-41(76-52)15-31(60)35(74-48)20-46(61)62/h26-45,48-51,59-60,64-66H,1-2,4-23,57-58H2,3H3,(H,61,62)/t26-,27+,28-,29+,30-,31+,32-,33-,34+,35+,36-,37?,38-,39+,40+,41-,42+,43+,44?,45-,48-,49-,50?,51-,52-,53+,54-,55+/m0/s1. The van der Waals surface area contributed by atoms with Crippen molar-refractivity contribution in [3.05, 3.63) is 24.3 Å². The van der Waals surface area contributed by atoms with Crippen LogP contribution in [0.4, 0.5) is 0 Å². The largest absolute Gasteiger partial charge is 0.481 e. The lowest BCUT2D eigenvalue weighted by atomic mass is 9.82. The molecule has 446 valence electrons. The third-order valence-corrected chi connectivity index (χ3v) is 20.8. The quantitative estimate of drug-likeness (QED) is 0.108. The summed E-state index contributed by atoms with van der Waals surface area (Å²) in [7, 11) is 1.84. The van der Waals surface area contributed by atoms with Crippen LogP contribution in [-0.2, 0) is 75.9 Å². The van der Waals surface area contributed by atoms with Gasteiger partial charge in [-0.25, -0.2) is 0 Å². The van der Waals surface area contributed by atoms with Crippen molar-refractivity contribution in [3.8, 4) is 0 Å². The Morgan fingerprint density at radius 2 is 1.35 bits per heavy atom. The number of nitrogens with one attached hydrogen (secondary N) is 1. The number of esters is 1. The van der Waals surface area contributed by atoms with E-state index < -0.39 is 157 Å². The zero-order valence-corrected chi connectivity index (χ0v) is 45.3. The van der Waals surface area contributed by atoms with E-state index in [2.05, 4.69) is 18.5 Å². The van der Waals surface area contributed by atoms with Crippen LogP contribution in [0.25, 0.3) is 0 Å². The maximum absolute atomic E-state index is 14.4. The van der Waals surface area contributed by atoms with Crippen LogP contribution in [0, 0.1) is 0 Å². The molecule has 0 aliphatic carbocycles. The molecule has 0 amide bonds. The predicted octanol–water partition coefficient (Wildman–Crippen LogP) is 0.369. The Hall–Kier alpha value is -2.38. The highest BCUT2D eigenvalue weighted by molar-refractivity contribution is 5.70. The van der Waals surface area contributed by atoms with Gasteiger partial charge in [-0.05, 0) is 69.6 Å². The minimum absolute atomic E-state index is 0.0676. The van der Waals surface area contributed by atoms with E-state index in [4.69, 9.17) is 77.8 Å². The van der Waals surface area contributed by atoms with Crippen molar-refractivity contribution in [1.82, 2.24) is 5.32 Å². The summed E-state index contributed by atoms with van der Waals surface area (Å²) in [5.41, 5.74) is 14.3. The summed E-state index contributed by atoms with van der Waals surface area (Å²) in [6.07, 6.45) is -7.30. The summed E-state index contributed by atoms with van der Waals surface area (Å²) in [4.78, 5) is 25.9. The number of aliphatic carboxylic acids is 1. The fraction of sp³-hybridized carbons (Fsp3) is 0.893. The number of likely N-dealkylation sites (N-methyl/N-ethyl adjacent to an activating group) is 1. The van der Waals surface area contributed by atoms with Crippen molar-refractivity contribution in [1.29, 1.82) is 0 Å². The van der Waals surface area contributed by atoms with Gasteiger partial charge in [-0.15, -0.1) is 0 Å². The molecule has 0 aromatic rings. The number of hydrogen-bond acceptors (Lipinski definition) is 23. The number of nitrogens with two attached hydrogens (primary N) is 2. The molecule has 14 heterocycles. The monoisotopic (exact) mass is 1130 g/mol. The van der Waals surface area contributed by atoms with Crippen LogP contribution < -0.4 is 16.8 Å². The molecule has 14 aliphatic rings. The highest BCUT2D eigenvalue weighted by Crippen LogP contribution is 2.57. The molecule has 24 heteroatoms. The lowest BCUT2D eigenvalue weighted by Gasteiger charge is -2.55. The SMILES string of the molecule is C=C1C[C@@H]2CC[C@]34OC([C@H]5C[C@@H](O3)[C@H]3O[C@H](CC[C@@H]3O5)CC(=O)O[C@@H]3CC5OC6C[C@@]7(C[C@@H]8O[C@@]9(CC[C@]8(NC)O7)C[C@H](N)[C@@H]7O[C@H](CC(=O)O)[C@H](O)C[C@@H]7O9)O[C@@H]6C[C@@H]5O[C@H]3C[C@H]3O[C@@H](CC[C@@H]1O2)C[C@@H](N)C3=C)C(O)(O)[C@H]4O. The first-order chi connectivity index (χ1) is 38.2. The van der Waals surface area contributed by atoms with Crippen molar-refractivity contribution in [3.63, 3.8) is 0 Å². The smallest absolute Gasteiger partial charge is 0.308 e. The van der Waals surface area contributed by atoms with Gasteiger partial charge in [0.1, 0.15) is 30.1 Å². The highest BCUT2D eigenvalue weighted by atomic mass is 16.8. The molecule has 0 aromatic heterocycles. The van der Waals surface area contributed by atoms with Gasteiger partial charge < -0.3 is 103 Å². The molecule has 3 unspecified atom stereocenters. The Bertz CT molecular complexity index is 2420. The zero-order valence-electron chi connectivity index (χ0n) is 45.3. The second kappa shape index (κ2) is 20.4. The molecule has 3 spiro atoms. The third-order valence-electron chi connectivity index (χ3n) is 20.8. The molecule has 0 aromatic carbocycles. The first-order valence-corrected chi connectivity index (χ1v) is 29.7. The Morgan fingerprint density at radius 3 is 2.16 bits per heavy atom. The van der Waals surface area contributed by atoms with Gasteiger partial charge in [-0.1, -0.05) is 13.2 Å². The van der Waals surface area contributed by atoms with Crippen LogP contribution >= 0.6 is 0 Å². The zero-order chi connectivity index (χ0) is 55.4. The molecule has 14 fully saturated rings. The number of carboxylic acids is 1. The second-order valence-corrected chi connectivity index (χ2v) is 26.0. The van der Waals surface area contributed by atoms with E-state index in [1.165, 1.54) is 0 Å². The average molecular weight is 1130 g/mol. The molecule has 80 heavy (non-hydrogen) atoms. The van der Waals surface area contributed by atoms with E-state index in [1.807, 2.05) is 7.05 Å². The number of aliphatic hydroxyl groups is 4. The normalized spacial score (nSPS) is 55.3. The number of fused-ring (bicyclic) bond motifs is 13. The van der Waals surface area contributed by atoms with Gasteiger partial charge in [0.2, 0.25) is 11.6 Å². The summed E-state index contributed by atoms with van der Waals surface area (Å²) in [6.45, 7) is 8.79. The summed E-state index contributed by atoms with van der Waals surface area (Å²) in [5.74, 6) is -8.15. The van der Waals surface area contributed by atoms with Crippen LogP contribution in [0.2, 0.25) is 0 Å². The number of aliphatic hydroxyl groups excluding tert-OH is 2. The molecule has 10 bridgehead atoms. The molecule has 14 rings (SSSR count). The topological polar surface area (TPSA) is 329 Å². The Balaban J connectivity index is 0.687. The Morgan fingerprint density at radius 1 is 0.637 bits per heavy atom. The first-order valence-electron chi connectivity index (χ1n) is 29.7. The summed E-state index contributed by atoms with van der Waals surface area (Å²) in [6, 6.07) is -0.889. The van der Waals surface area contributed by atoms with Crippen LogP contribution in [0.15, 0.2) is 24.3 Å². The predicted molar refractivity (Wildman–Crippen MR) is 269 cm³/mol. The molecule has 24 nitrogen and oxygen atoms in total. The van der Waals surface area contributed by atoms with E-state index in [1.54, 1.807) is 0 Å². The maximum Gasteiger partial charge on any atom is 0.308 e. The molecule has 10 N–H and O–H groups in total. The van der Waals surface area contributed by atoms with Gasteiger partial charge in [0.15, 0.2) is 17.7 Å². The van der Waals surface area contributed by atoms with Gasteiger partial charge in [-0.3, -0.25) is 14.9 Å². The number of carbonyl (C=O) groups is 2. The van der Waals surface area contributed by atoms with E-state index in [-0.39, 0.29) is 62.6 Å². The minimum Gasteiger partial charge on any atom is -0.481 e. The molecule has 14 saturated heterocycles. The van der Waals surface area contributed by atoms with Gasteiger partial charge in [0.25, 0.3) is 0 Å². The Labute approximate surface area is 463 Å². The third kappa shape index (κ3) is 9.58. The van der Waals surface area contributed by atoms with Crippen LogP contribution in [-0.4, -0.2) is 220 Å². The van der Waals surface area contributed by atoms with Crippen molar-refractivity contribution in [2.45, 2.75) is 304 Å². The van der Waals surface area contributed by atoms with Crippen molar-refractivity contribution in [2.24, 2.45) is 11.5 Å². The van der Waals surface area contributed by atoms with Crippen molar-refractivity contribution < 1.29 is 101 Å². The summed E-state index contributed by atoms with van der Waals surface area (Å²) in [5, 5.41) is 58.0. The van der Waals surface area contributed by atoms with E-state index in [0.29, 0.717) is 96.3 Å². The number of rotatable bonds is 3. The van der Waals surface area contributed by atoms with Gasteiger partial charge in [-0.2, -0.15) is 0 Å².